The summed E-state index contributed by atoms with van der Waals surface area (Å²) in [6.07, 6.45) is 3.51. The fourth-order valence-corrected chi connectivity index (χ4v) is 2.12. The Bertz CT molecular complexity index is 434. The predicted octanol–water partition coefficient (Wildman–Crippen LogP) is 3.42. The molecule has 0 aliphatic heterocycles. The minimum atomic E-state index is 0.536. The molecule has 76 valence electrons. The summed E-state index contributed by atoms with van der Waals surface area (Å²) >= 11 is 7.48. The van der Waals surface area contributed by atoms with Crippen molar-refractivity contribution in [2.75, 3.05) is 0 Å². The quantitative estimate of drug-likeness (QED) is 0.603. The topological polar surface area (TPSA) is 25.8 Å². The van der Waals surface area contributed by atoms with E-state index >= 15 is 0 Å². The molecule has 0 unspecified atom stereocenters. The van der Waals surface area contributed by atoms with Crippen LogP contribution < -0.4 is 0 Å². The Morgan fingerprint density at radius 1 is 1.13 bits per heavy atom. The summed E-state index contributed by atoms with van der Waals surface area (Å²) in [6, 6.07) is 9.72. The van der Waals surface area contributed by atoms with Crippen LogP contribution in [-0.2, 0) is 5.75 Å². The van der Waals surface area contributed by atoms with Crippen molar-refractivity contribution in [2.45, 2.75) is 10.8 Å². The maximum Gasteiger partial charge on any atom is 0.129 e. The number of thioether (sulfide) groups is 1. The van der Waals surface area contributed by atoms with Gasteiger partial charge >= 0.3 is 0 Å². The van der Waals surface area contributed by atoms with Crippen LogP contribution in [0.2, 0.25) is 5.15 Å². The van der Waals surface area contributed by atoms with Crippen molar-refractivity contribution in [3.8, 4) is 0 Å². The van der Waals surface area contributed by atoms with Gasteiger partial charge in [0.25, 0.3) is 0 Å². The molecule has 2 heterocycles. The third kappa shape index (κ3) is 3.22. The molecular weight excluding hydrogens is 228 g/mol. The predicted molar refractivity (Wildman–Crippen MR) is 63.0 cm³/mol. The van der Waals surface area contributed by atoms with Crippen molar-refractivity contribution < 1.29 is 0 Å². The minimum Gasteiger partial charge on any atom is -0.250 e. The molecule has 0 amide bonds. The second kappa shape index (κ2) is 5.14. The fourth-order valence-electron chi connectivity index (χ4n) is 1.12. The molecule has 2 rings (SSSR count). The first-order valence-corrected chi connectivity index (χ1v) is 5.85. The number of aromatic nitrogens is 2. The largest absolute Gasteiger partial charge is 0.250 e. The minimum absolute atomic E-state index is 0.536. The first-order chi connectivity index (χ1) is 7.34. The van der Waals surface area contributed by atoms with Crippen molar-refractivity contribution in [3.63, 3.8) is 0 Å². The van der Waals surface area contributed by atoms with E-state index in [9.17, 15) is 0 Å². The normalized spacial score (nSPS) is 10.2. The first kappa shape index (κ1) is 10.5. The number of halogens is 1. The molecule has 15 heavy (non-hydrogen) atoms. The third-order valence-electron chi connectivity index (χ3n) is 1.82. The fraction of sp³-hybridized carbons (Fsp3) is 0.0909. The van der Waals surface area contributed by atoms with E-state index in [0.29, 0.717) is 5.15 Å². The zero-order valence-electron chi connectivity index (χ0n) is 7.93. The van der Waals surface area contributed by atoms with Crippen LogP contribution in [0.4, 0.5) is 0 Å². The molecule has 0 bridgehead atoms. The maximum absolute atomic E-state index is 5.79. The Morgan fingerprint density at radius 2 is 2.07 bits per heavy atom. The highest BCUT2D eigenvalue weighted by molar-refractivity contribution is 7.98. The van der Waals surface area contributed by atoms with Crippen molar-refractivity contribution in [1.29, 1.82) is 0 Å². The van der Waals surface area contributed by atoms with Gasteiger partial charge in [-0.05, 0) is 29.8 Å². The van der Waals surface area contributed by atoms with Crippen molar-refractivity contribution in [2.24, 2.45) is 0 Å². The van der Waals surface area contributed by atoms with Gasteiger partial charge in [-0.1, -0.05) is 17.7 Å². The molecule has 0 fully saturated rings. The van der Waals surface area contributed by atoms with Gasteiger partial charge in [0.05, 0.1) is 5.03 Å². The molecular formula is C11H9ClN2S. The smallest absolute Gasteiger partial charge is 0.129 e. The highest BCUT2D eigenvalue weighted by Crippen LogP contribution is 2.20. The van der Waals surface area contributed by atoms with Gasteiger partial charge in [0.1, 0.15) is 5.15 Å². The molecule has 0 N–H and O–H groups in total. The van der Waals surface area contributed by atoms with Gasteiger partial charge in [-0.25, -0.2) is 9.97 Å². The lowest BCUT2D eigenvalue weighted by Crippen LogP contribution is -1.83. The number of rotatable bonds is 3. The molecule has 4 heteroatoms. The van der Waals surface area contributed by atoms with Gasteiger partial charge in [-0.2, -0.15) is 0 Å². The highest BCUT2D eigenvalue weighted by atomic mass is 35.5. The summed E-state index contributed by atoms with van der Waals surface area (Å²) in [5, 5.41) is 1.56. The molecule has 0 aromatic carbocycles. The van der Waals surface area contributed by atoms with Crippen molar-refractivity contribution >= 4 is 23.4 Å². The lowest BCUT2D eigenvalue weighted by atomic mass is 10.3. The van der Waals surface area contributed by atoms with Gasteiger partial charge in [0.2, 0.25) is 0 Å². The van der Waals surface area contributed by atoms with E-state index in [0.717, 1.165) is 16.3 Å². The van der Waals surface area contributed by atoms with E-state index in [1.54, 1.807) is 24.2 Å². The second-order valence-corrected chi connectivity index (χ2v) is 4.33. The van der Waals surface area contributed by atoms with Gasteiger partial charge in [0, 0.05) is 18.1 Å². The molecule has 0 atom stereocenters. The number of nitrogens with zero attached hydrogens (tertiary/aromatic N) is 2. The molecule has 0 aliphatic rings. The monoisotopic (exact) mass is 236 g/mol. The summed E-state index contributed by atoms with van der Waals surface area (Å²) in [7, 11) is 0. The van der Waals surface area contributed by atoms with Crippen LogP contribution in [0, 0.1) is 0 Å². The Hall–Kier alpha value is -1.06. The van der Waals surface area contributed by atoms with Crippen LogP contribution in [0.5, 0.6) is 0 Å². The summed E-state index contributed by atoms with van der Waals surface area (Å²) in [5.74, 6) is 0.860. The lowest BCUT2D eigenvalue weighted by Gasteiger charge is -2.00. The number of hydrogen-bond donors (Lipinski definition) is 0. The molecule has 2 aromatic heterocycles. The van der Waals surface area contributed by atoms with E-state index in [1.807, 2.05) is 30.3 Å². The van der Waals surface area contributed by atoms with Crippen LogP contribution in [0.3, 0.4) is 0 Å². The Labute approximate surface area is 97.7 Å². The number of hydrogen-bond acceptors (Lipinski definition) is 3. The lowest BCUT2D eigenvalue weighted by molar-refractivity contribution is 1.13. The Balaban J connectivity index is 1.99. The van der Waals surface area contributed by atoms with E-state index in [2.05, 4.69) is 9.97 Å². The second-order valence-electron chi connectivity index (χ2n) is 2.94. The van der Waals surface area contributed by atoms with Crippen LogP contribution in [0.1, 0.15) is 5.56 Å². The van der Waals surface area contributed by atoms with Crippen molar-refractivity contribution in [1.82, 2.24) is 9.97 Å². The average Bonchev–Trinajstić information content (AvgIpc) is 2.28. The average molecular weight is 237 g/mol. The summed E-state index contributed by atoms with van der Waals surface area (Å²) in [5.41, 5.74) is 1.16. The van der Waals surface area contributed by atoms with Crippen LogP contribution in [0.15, 0.2) is 47.8 Å². The third-order valence-corrected chi connectivity index (χ3v) is 3.04. The summed E-state index contributed by atoms with van der Waals surface area (Å²) < 4.78 is 0. The molecule has 0 radical (unpaired) electrons. The van der Waals surface area contributed by atoms with Crippen LogP contribution in [0.25, 0.3) is 0 Å². The maximum atomic E-state index is 5.79. The van der Waals surface area contributed by atoms with E-state index in [1.165, 1.54) is 0 Å². The molecule has 0 saturated heterocycles. The van der Waals surface area contributed by atoms with Gasteiger partial charge in [-0.15, -0.1) is 11.8 Å². The van der Waals surface area contributed by atoms with Crippen molar-refractivity contribution in [3.05, 3.63) is 53.4 Å². The molecule has 0 saturated carbocycles. The Kier molecular flexibility index (Phi) is 3.59. The van der Waals surface area contributed by atoms with Gasteiger partial charge in [-0.3, -0.25) is 0 Å². The standard InChI is InChI=1S/C11H9ClN2S/c12-10-7-9(4-6-13-10)8-15-11-3-1-2-5-14-11/h1-7H,8H2. The van der Waals surface area contributed by atoms with E-state index in [-0.39, 0.29) is 0 Å². The Morgan fingerprint density at radius 3 is 2.80 bits per heavy atom. The SMILES string of the molecule is Clc1cc(CSc2ccccn2)ccn1. The molecule has 2 aromatic rings. The van der Waals surface area contributed by atoms with E-state index in [4.69, 9.17) is 11.6 Å². The van der Waals surface area contributed by atoms with Gasteiger partial charge in [0.15, 0.2) is 0 Å². The number of pyridine rings is 2. The zero-order valence-corrected chi connectivity index (χ0v) is 9.50. The summed E-state index contributed by atoms with van der Waals surface area (Å²) in [4.78, 5) is 8.17. The summed E-state index contributed by atoms with van der Waals surface area (Å²) in [6.45, 7) is 0. The highest BCUT2D eigenvalue weighted by Gasteiger charge is 1.97. The molecule has 2 nitrogen and oxygen atoms in total. The first-order valence-electron chi connectivity index (χ1n) is 4.49. The van der Waals surface area contributed by atoms with Gasteiger partial charge < -0.3 is 0 Å². The van der Waals surface area contributed by atoms with Crippen LogP contribution in [-0.4, -0.2) is 9.97 Å². The molecule has 0 spiro atoms. The zero-order chi connectivity index (χ0) is 10.5. The van der Waals surface area contributed by atoms with E-state index < -0.39 is 0 Å². The molecule has 0 aliphatic carbocycles. The van der Waals surface area contributed by atoms with Crippen LogP contribution >= 0.6 is 23.4 Å².